The largest absolute Gasteiger partial charge is 0.478 e. The summed E-state index contributed by atoms with van der Waals surface area (Å²) < 4.78 is 4.60. The van der Waals surface area contributed by atoms with Gasteiger partial charge in [-0.1, -0.05) is 58.2 Å². The van der Waals surface area contributed by atoms with Crippen molar-refractivity contribution in [3.63, 3.8) is 0 Å². The van der Waals surface area contributed by atoms with E-state index in [0.717, 1.165) is 32.1 Å². The molecule has 1 aliphatic heterocycles. The molecule has 1 aliphatic carbocycles. The van der Waals surface area contributed by atoms with Crippen molar-refractivity contribution in [2.24, 2.45) is 23.0 Å². The van der Waals surface area contributed by atoms with E-state index in [-0.39, 0.29) is 36.4 Å². The van der Waals surface area contributed by atoms with Gasteiger partial charge in [0.05, 0.1) is 24.2 Å². The molecule has 5 atom stereocenters. The number of primary amides is 1. The Morgan fingerprint density at radius 2 is 1.56 bits per heavy atom. The number of carboxylic acids is 1. The molecule has 0 bridgehead atoms. The van der Waals surface area contributed by atoms with Crippen molar-refractivity contribution < 1.29 is 48.2 Å². The summed E-state index contributed by atoms with van der Waals surface area (Å²) in [5.41, 5.74) is 4.36. The number of nitrogens with zero attached hydrogens (tertiary/aromatic N) is 1. The Morgan fingerprint density at radius 3 is 2.16 bits per heavy atom. The second-order valence-corrected chi connectivity index (χ2v) is 15.3. The van der Waals surface area contributed by atoms with Gasteiger partial charge in [-0.3, -0.25) is 28.8 Å². The molecule has 2 fully saturated rings. The average Bonchev–Trinajstić information content (AvgIpc) is 3.16. The number of benzene rings is 1. The minimum Gasteiger partial charge on any atom is -0.478 e. The van der Waals surface area contributed by atoms with E-state index < -0.39 is 82.9 Å². The molecule has 0 aromatic heterocycles. The zero-order valence-electron chi connectivity index (χ0n) is 32.4. The van der Waals surface area contributed by atoms with Gasteiger partial charge in [0.2, 0.25) is 29.5 Å². The lowest BCUT2D eigenvalue weighted by Crippen LogP contribution is -2.60. The van der Waals surface area contributed by atoms with Crippen molar-refractivity contribution in [1.29, 1.82) is 0 Å². The number of amides is 6. The predicted octanol–water partition coefficient (Wildman–Crippen LogP) is 1.82. The van der Waals surface area contributed by atoms with Gasteiger partial charge in [0.1, 0.15) is 24.2 Å². The van der Waals surface area contributed by atoms with Gasteiger partial charge in [-0.05, 0) is 68.9 Å². The minimum absolute atomic E-state index is 0.01000. The first-order valence-corrected chi connectivity index (χ1v) is 18.8. The van der Waals surface area contributed by atoms with Crippen LogP contribution in [-0.2, 0) is 33.5 Å². The summed E-state index contributed by atoms with van der Waals surface area (Å²) >= 11 is 0. The third-order valence-corrected chi connectivity index (χ3v) is 10.1. The number of carbonyl (C=O) groups excluding carboxylic acids is 7. The van der Waals surface area contributed by atoms with Gasteiger partial charge >= 0.3 is 11.9 Å². The summed E-state index contributed by atoms with van der Waals surface area (Å²) in [6.45, 7) is 7.13. The van der Waals surface area contributed by atoms with Crippen LogP contribution in [0.1, 0.15) is 106 Å². The Morgan fingerprint density at radius 1 is 0.909 bits per heavy atom. The zero-order valence-corrected chi connectivity index (χ0v) is 32.4. The van der Waals surface area contributed by atoms with E-state index in [9.17, 15) is 43.5 Å². The Labute approximate surface area is 321 Å². The van der Waals surface area contributed by atoms with Gasteiger partial charge in [0, 0.05) is 19.2 Å². The van der Waals surface area contributed by atoms with Crippen molar-refractivity contribution in [2.75, 3.05) is 20.2 Å². The lowest BCUT2D eigenvalue weighted by molar-refractivity contribution is -0.143. The number of nitrogens with one attached hydrogen (secondary N) is 4. The Kier molecular flexibility index (Phi) is 16.4. The highest BCUT2D eigenvalue weighted by atomic mass is 16.5. The summed E-state index contributed by atoms with van der Waals surface area (Å²) in [6, 6.07) is 1.39. The van der Waals surface area contributed by atoms with E-state index in [0.29, 0.717) is 19.4 Å². The molecule has 16 heteroatoms. The van der Waals surface area contributed by atoms with Gasteiger partial charge in [0.15, 0.2) is 0 Å². The molecule has 0 unspecified atom stereocenters. The van der Waals surface area contributed by atoms with Crippen LogP contribution in [0.3, 0.4) is 0 Å². The maximum atomic E-state index is 14.1. The Balaban J connectivity index is 1.72. The standard InChI is InChI=1S/C39H56N6O10/c1-23(33(48)43-30(32(40)47)24-14-7-6-8-15-24)41-34(49)25-16-13-21-45(22-25)37(52)31(39(2,3)4)44-36(51)28(19-11-12-20-29(46)55-5)42-35(50)26-17-9-10-18-27(26)38(53)54/h9-10,12,17-18,20,23-25,28,30-31H,6-8,11,13-16,19,21-22H2,1-5H3,(H2,40,47)(H,41,49)(H,42,50)(H,43,48)(H,44,51)(H,53,54)/b20-12+/t23-,25-,28-,30-,31+/m0/s1. The molecule has 1 aromatic carbocycles. The highest BCUT2D eigenvalue weighted by molar-refractivity contribution is 6.06. The number of piperidine rings is 1. The summed E-state index contributed by atoms with van der Waals surface area (Å²) in [5.74, 6) is -6.23. The lowest BCUT2D eigenvalue weighted by Gasteiger charge is -2.39. The van der Waals surface area contributed by atoms with Crippen LogP contribution in [0.15, 0.2) is 36.4 Å². The first-order chi connectivity index (χ1) is 25.9. The van der Waals surface area contributed by atoms with Crippen molar-refractivity contribution in [1.82, 2.24) is 26.2 Å². The molecule has 0 radical (unpaired) electrons. The molecule has 0 spiro atoms. The van der Waals surface area contributed by atoms with E-state index in [1.807, 2.05) is 0 Å². The number of carboxylic acid groups (broad SMARTS) is 1. The fraction of sp³-hybridized carbons (Fsp3) is 0.590. The van der Waals surface area contributed by atoms with Crippen LogP contribution in [-0.4, -0.2) is 102 Å². The average molecular weight is 769 g/mol. The predicted molar refractivity (Wildman–Crippen MR) is 201 cm³/mol. The smallest absolute Gasteiger partial charge is 0.336 e. The minimum atomic E-state index is -1.33. The summed E-state index contributed by atoms with van der Waals surface area (Å²) in [5, 5.41) is 20.4. The molecule has 1 aromatic rings. The topological polar surface area (TPSA) is 243 Å². The lowest BCUT2D eigenvalue weighted by atomic mass is 9.83. The number of carbonyl (C=O) groups is 8. The first-order valence-electron chi connectivity index (χ1n) is 18.8. The molecule has 1 saturated heterocycles. The number of rotatable bonds is 16. The molecule has 3 rings (SSSR count). The molecule has 16 nitrogen and oxygen atoms in total. The number of ether oxygens (including phenoxy) is 1. The molecule has 55 heavy (non-hydrogen) atoms. The number of nitrogens with two attached hydrogens (primary N) is 1. The molecule has 6 amide bonds. The van der Waals surface area contributed by atoms with E-state index >= 15 is 0 Å². The maximum absolute atomic E-state index is 14.1. The van der Waals surface area contributed by atoms with Crippen LogP contribution in [0.5, 0.6) is 0 Å². The van der Waals surface area contributed by atoms with Crippen molar-refractivity contribution in [3.05, 3.63) is 47.5 Å². The quantitative estimate of drug-likeness (QED) is 0.105. The first kappa shape index (κ1) is 44.1. The third-order valence-electron chi connectivity index (χ3n) is 10.1. The summed E-state index contributed by atoms with van der Waals surface area (Å²) in [7, 11) is 1.21. The monoisotopic (exact) mass is 768 g/mol. The Hall–Kier alpha value is -5.28. The molecule has 1 saturated carbocycles. The number of likely N-dealkylation sites (tertiary alicyclic amines) is 1. The SMILES string of the molecule is COC(=O)/C=C/CC[C@H](NC(=O)c1ccccc1C(=O)O)C(=O)N[C@H](C(=O)N1CCC[C@H](C(=O)N[C@@H](C)C(=O)N[C@H](C(N)=O)C2CCCCC2)C1)C(C)(C)C. The van der Waals surface area contributed by atoms with Crippen LogP contribution in [0, 0.1) is 17.3 Å². The van der Waals surface area contributed by atoms with Crippen LogP contribution in [0.25, 0.3) is 0 Å². The number of esters is 1. The summed E-state index contributed by atoms with van der Waals surface area (Å²) in [4.78, 5) is 105. The maximum Gasteiger partial charge on any atom is 0.336 e. The number of allylic oxidation sites excluding steroid dienone is 1. The van der Waals surface area contributed by atoms with Crippen molar-refractivity contribution >= 4 is 47.4 Å². The van der Waals surface area contributed by atoms with Gasteiger partial charge in [-0.25, -0.2) is 9.59 Å². The molecule has 2 aliphatic rings. The van der Waals surface area contributed by atoms with Crippen LogP contribution >= 0.6 is 0 Å². The van der Waals surface area contributed by atoms with Gasteiger partial charge in [0.25, 0.3) is 5.91 Å². The zero-order chi connectivity index (χ0) is 40.9. The van der Waals surface area contributed by atoms with E-state index in [1.54, 1.807) is 20.8 Å². The molecular formula is C39H56N6O10. The molecule has 7 N–H and O–H groups in total. The van der Waals surface area contributed by atoms with Gasteiger partial charge < -0.3 is 41.7 Å². The van der Waals surface area contributed by atoms with Crippen molar-refractivity contribution in [3.8, 4) is 0 Å². The van der Waals surface area contributed by atoms with E-state index in [1.165, 1.54) is 55.4 Å². The Bertz CT molecular complexity index is 1620. The highest BCUT2D eigenvalue weighted by Gasteiger charge is 2.40. The van der Waals surface area contributed by atoms with E-state index in [2.05, 4.69) is 26.0 Å². The van der Waals surface area contributed by atoms with E-state index in [4.69, 9.17) is 5.73 Å². The number of hydrogen-bond acceptors (Lipinski definition) is 9. The van der Waals surface area contributed by atoms with Crippen molar-refractivity contribution in [2.45, 2.75) is 110 Å². The second-order valence-electron chi connectivity index (χ2n) is 15.3. The number of aromatic carboxylic acids is 1. The fourth-order valence-corrected chi connectivity index (χ4v) is 6.91. The van der Waals surface area contributed by atoms with Gasteiger partial charge in [-0.2, -0.15) is 0 Å². The molecule has 1 heterocycles. The highest BCUT2D eigenvalue weighted by Crippen LogP contribution is 2.27. The second kappa shape index (κ2) is 20.4. The number of hydrogen-bond donors (Lipinski definition) is 6. The molecule has 302 valence electrons. The van der Waals surface area contributed by atoms with Crippen LogP contribution < -0.4 is 27.0 Å². The third kappa shape index (κ3) is 12.9. The molecular weight excluding hydrogens is 712 g/mol. The van der Waals surface area contributed by atoms with Gasteiger partial charge in [-0.15, -0.1) is 0 Å². The normalized spacial score (nSPS) is 18.6. The van der Waals surface area contributed by atoms with Crippen LogP contribution in [0.4, 0.5) is 0 Å². The van der Waals surface area contributed by atoms with Crippen LogP contribution in [0.2, 0.25) is 0 Å². The number of methoxy groups -OCH3 is 1. The summed E-state index contributed by atoms with van der Waals surface area (Å²) in [6.07, 6.45) is 8.22. The fourth-order valence-electron chi connectivity index (χ4n) is 6.91.